The largest absolute Gasteiger partial charge is 0.461 e. The zero-order chi connectivity index (χ0) is 23.2. The van der Waals surface area contributed by atoms with Gasteiger partial charge >= 0.3 is 11.9 Å². The van der Waals surface area contributed by atoms with E-state index in [9.17, 15) is 9.59 Å². The van der Waals surface area contributed by atoms with Gasteiger partial charge in [0.2, 0.25) is 0 Å². The predicted molar refractivity (Wildman–Crippen MR) is 126 cm³/mol. The minimum Gasteiger partial charge on any atom is -0.461 e. The van der Waals surface area contributed by atoms with E-state index in [1.165, 1.54) is 5.56 Å². The fourth-order valence-electron chi connectivity index (χ4n) is 4.25. The van der Waals surface area contributed by atoms with E-state index in [0.29, 0.717) is 23.3 Å². The van der Waals surface area contributed by atoms with Crippen molar-refractivity contribution >= 4 is 11.9 Å². The number of carbonyl (C=O) groups excluding carboxylic acids is 2. The molecule has 168 valence electrons. The Balaban J connectivity index is 1.34. The highest BCUT2D eigenvalue weighted by molar-refractivity contribution is 5.83. The Kier molecular flexibility index (Phi) is 6.89. The Morgan fingerprint density at radius 1 is 0.727 bits per heavy atom. The molecule has 1 fully saturated rings. The quantitative estimate of drug-likeness (QED) is 0.235. The summed E-state index contributed by atoms with van der Waals surface area (Å²) in [5.41, 5.74) is 2.20. The highest BCUT2D eigenvalue weighted by Crippen LogP contribution is 2.42. The molecule has 1 aliphatic carbocycles. The zero-order valence-electron chi connectivity index (χ0n) is 18.4. The standard InChI is InChI=1S/C28H26O5/c1-3-27(29)31-23-13-9-20(10-14-23)19-5-7-21(8-6-19)25-17-18-26(33-25)22-11-15-24(16-12-22)32-28(30)4-2/h3-4,9-19,21H,1-2,5-8H2. The van der Waals surface area contributed by atoms with Crippen molar-refractivity contribution in [3.8, 4) is 22.8 Å². The van der Waals surface area contributed by atoms with Crippen LogP contribution in [0.15, 0.2) is 90.4 Å². The van der Waals surface area contributed by atoms with E-state index < -0.39 is 11.9 Å². The Morgan fingerprint density at radius 3 is 1.79 bits per heavy atom. The summed E-state index contributed by atoms with van der Waals surface area (Å²) >= 11 is 0. The number of benzene rings is 2. The number of ether oxygens (including phenoxy) is 2. The number of furan rings is 1. The van der Waals surface area contributed by atoms with Crippen LogP contribution in [0.2, 0.25) is 0 Å². The first-order chi connectivity index (χ1) is 16.1. The number of rotatable bonds is 7. The predicted octanol–water partition coefficient (Wildman–Crippen LogP) is 6.57. The molecule has 0 bridgehead atoms. The first-order valence-corrected chi connectivity index (χ1v) is 11.0. The number of hydrogen-bond acceptors (Lipinski definition) is 5. The average molecular weight is 443 g/mol. The Morgan fingerprint density at radius 2 is 1.24 bits per heavy atom. The molecule has 5 heteroatoms. The lowest BCUT2D eigenvalue weighted by atomic mass is 9.78. The van der Waals surface area contributed by atoms with Gasteiger partial charge in [0.1, 0.15) is 23.0 Å². The van der Waals surface area contributed by atoms with Crippen LogP contribution in [0.25, 0.3) is 11.3 Å². The van der Waals surface area contributed by atoms with Crippen LogP contribution in [-0.2, 0) is 9.59 Å². The Hall–Kier alpha value is -3.86. The summed E-state index contributed by atoms with van der Waals surface area (Å²) in [6.45, 7) is 6.81. The van der Waals surface area contributed by atoms with Crippen molar-refractivity contribution in [1.29, 1.82) is 0 Å². The van der Waals surface area contributed by atoms with E-state index >= 15 is 0 Å². The Labute approximate surface area is 193 Å². The second kappa shape index (κ2) is 10.2. The summed E-state index contributed by atoms with van der Waals surface area (Å²) in [6.07, 6.45) is 6.57. The van der Waals surface area contributed by atoms with Crippen molar-refractivity contribution < 1.29 is 23.5 Å². The molecule has 0 N–H and O–H groups in total. The van der Waals surface area contributed by atoms with E-state index in [4.69, 9.17) is 13.9 Å². The molecule has 3 aromatic rings. The van der Waals surface area contributed by atoms with Crippen molar-refractivity contribution in [2.45, 2.75) is 37.5 Å². The van der Waals surface area contributed by atoms with Gasteiger partial charge in [-0.05, 0) is 85.7 Å². The summed E-state index contributed by atoms with van der Waals surface area (Å²) in [5.74, 6) is 2.78. The normalized spacial score (nSPS) is 17.7. The molecule has 0 radical (unpaired) electrons. The van der Waals surface area contributed by atoms with Crippen LogP contribution in [0.1, 0.15) is 48.8 Å². The molecule has 33 heavy (non-hydrogen) atoms. The van der Waals surface area contributed by atoms with E-state index in [0.717, 1.165) is 54.9 Å². The maximum atomic E-state index is 11.3. The summed E-state index contributed by atoms with van der Waals surface area (Å²) < 4.78 is 16.4. The van der Waals surface area contributed by atoms with Gasteiger partial charge in [-0.25, -0.2) is 9.59 Å². The highest BCUT2D eigenvalue weighted by atomic mass is 16.5. The first-order valence-electron chi connectivity index (χ1n) is 11.0. The molecule has 0 unspecified atom stereocenters. The van der Waals surface area contributed by atoms with Crippen molar-refractivity contribution in [2.75, 3.05) is 0 Å². The van der Waals surface area contributed by atoms with Gasteiger partial charge in [0.25, 0.3) is 0 Å². The van der Waals surface area contributed by atoms with Crippen molar-refractivity contribution in [1.82, 2.24) is 0 Å². The molecule has 1 heterocycles. The van der Waals surface area contributed by atoms with Gasteiger partial charge < -0.3 is 13.9 Å². The molecule has 1 aliphatic rings. The summed E-state index contributed by atoms with van der Waals surface area (Å²) in [7, 11) is 0. The topological polar surface area (TPSA) is 65.7 Å². The molecule has 2 aromatic carbocycles. The van der Waals surface area contributed by atoms with Gasteiger partial charge in [0.05, 0.1) is 0 Å². The zero-order valence-corrected chi connectivity index (χ0v) is 18.4. The van der Waals surface area contributed by atoms with Crippen LogP contribution in [-0.4, -0.2) is 11.9 Å². The summed E-state index contributed by atoms with van der Waals surface area (Å²) in [6, 6.07) is 19.1. The lowest BCUT2D eigenvalue weighted by Crippen LogP contribution is -2.11. The third-order valence-corrected chi connectivity index (χ3v) is 6.02. The summed E-state index contributed by atoms with van der Waals surface area (Å²) in [5, 5.41) is 0. The molecular formula is C28H26O5. The van der Waals surface area contributed by atoms with E-state index in [1.54, 1.807) is 12.1 Å². The maximum absolute atomic E-state index is 11.3. The third kappa shape index (κ3) is 5.50. The summed E-state index contributed by atoms with van der Waals surface area (Å²) in [4.78, 5) is 22.6. The van der Waals surface area contributed by atoms with Crippen LogP contribution in [0, 0.1) is 0 Å². The van der Waals surface area contributed by atoms with Crippen molar-refractivity contribution in [3.05, 3.63) is 97.3 Å². The van der Waals surface area contributed by atoms with Crippen molar-refractivity contribution in [3.63, 3.8) is 0 Å². The van der Waals surface area contributed by atoms with Gasteiger partial charge in [-0.1, -0.05) is 25.3 Å². The molecule has 1 aromatic heterocycles. The fraction of sp³-hybridized carbons (Fsp3) is 0.214. The molecule has 0 aliphatic heterocycles. The van der Waals surface area contributed by atoms with E-state index in [1.807, 2.05) is 42.5 Å². The lowest BCUT2D eigenvalue weighted by molar-refractivity contribution is -0.129. The second-order valence-electron chi connectivity index (χ2n) is 8.09. The van der Waals surface area contributed by atoms with Crippen LogP contribution < -0.4 is 9.47 Å². The molecule has 1 saturated carbocycles. The number of carbonyl (C=O) groups is 2. The van der Waals surface area contributed by atoms with Gasteiger partial charge in [-0.15, -0.1) is 0 Å². The second-order valence-corrected chi connectivity index (χ2v) is 8.09. The SMILES string of the molecule is C=CC(=O)Oc1ccc(-c2ccc(C3CCC(c4ccc(OC(=O)C=C)cc4)CC3)o2)cc1. The minimum absolute atomic E-state index is 0.399. The molecule has 0 atom stereocenters. The monoisotopic (exact) mass is 442 g/mol. The van der Waals surface area contributed by atoms with Crippen molar-refractivity contribution in [2.24, 2.45) is 0 Å². The molecule has 0 amide bonds. The average Bonchev–Trinajstić information content (AvgIpc) is 3.35. The molecule has 0 saturated heterocycles. The van der Waals surface area contributed by atoms with Crippen LogP contribution >= 0.6 is 0 Å². The van der Waals surface area contributed by atoms with Gasteiger partial charge in [-0.3, -0.25) is 0 Å². The van der Waals surface area contributed by atoms with Crippen LogP contribution in [0.3, 0.4) is 0 Å². The van der Waals surface area contributed by atoms with Crippen LogP contribution in [0.4, 0.5) is 0 Å². The van der Waals surface area contributed by atoms with Crippen LogP contribution in [0.5, 0.6) is 11.5 Å². The molecule has 4 rings (SSSR count). The van der Waals surface area contributed by atoms with Gasteiger partial charge in [-0.2, -0.15) is 0 Å². The fourth-order valence-corrected chi connectivity index (χ4v) is 4.25. The minimum atomic E-state index is -0.481. The van der Waals surface area contributed by atoms with E-state index in [-0.39, 0.29) is 0 Å². The molecule has 0 spiro atoms. The lowest BCUT2D eigenvalue weighted by Gasteiger charge is -2.27. The van der Waals surface area contributed by atoms with Gasteiger partial charge in [0.15, 0.2) is 0 Å². The molecular weight excluding hydrogens is 416 g/mol. The highest BCUT2D eigenvalue weighted by Gasteiger charge is 2.25. The smallest absolute Gasteiger partial charge is 0.335 e. The van der Waals surface area contributed by atoms with Gasteiger partial charge in [0, 0.05) is 23.6 Å². The Bertz CT molecular complexity index is 1130. The third-order valence-electron chi connectivity index (χ3n) is 6.02. The first kappa shape index (κ1) is 22.3. The molecule has 5 nitrogen and oxygen atoms in total. The number of esters is 2. The maximum Gasteiger partial charge on any atom is 0.335 e. The number of hydrogen-bond donors (Lipinski definition) is 0. The van der Waals surface area contributed by atoms with E-state index in [2.05, 4.69) is 19.2 Å².